The zero-order valence-electron chi connectivity index (χ0n) is 26.8. The van der Waals surface area contributed by atoms with Gasteiger partial charge in [-0.25, -0.2) is 4.79 Å². The zero-order valence-corrected chi connectivity index (χ0v) is 26.8. The van der Waals surface area contributed by atoms with E-state index in [1.54, 1.807) is 13.8 Å². The zero-order chi connectivity index (χ0) is 36.2. The Morgan fingerprint density at radius 2 is 1.38 bits per heavy atom. The monoisotopic (exact) mass is 700 g/mol. The van der Waals surface area contributed by atoms with Gasteiger partial charge in [0.15, 0.2) is 6.29 Å². The highest BCUT2D eigenvalue weighted by Crippen LogP contribution is 2.38. The highest BCUT2D eigenvalue weighted by Gasteiger charge is 2.60. The summed E-state index contributed by atoms with van der Waals surface area (Å²) < 4.78 is 28.6. The van der Waals surface area contributed by atoms with E-state index in [2.05, 4.69) is 10.6 Å². The quantitative estimate of drug-likeness (QED) is 0.0850. The lowest BCUT2D eigenvalue weighted by molar-refractivity contribution is -0.378. The van der Waals surface area contributed by atoms with Crippen LogP contribution >= 0.6 is 0 Å². The van der Waals surface area contributed by atoms with Crippen molar-refractivity contribution in [2.75, 3.05) is 19.8 Å². The average molecular weight is 701 g/mol. The molecule has 278 valence electrons. The lowest BCUT2D eigenvalue weighted by atomic mass is 9.86. The van der Waals surface area contributed by atoms with Gasteiger partial charge in [0.25, 0.3) is 5.79 Å². The third-order valence-corrected chi connectivity index (χ3v) is 8.59. The topological polar surface area (TPSA) is 324 Å². The van der Waals surface area contributed by atoms with Gasteiger partial charge in [-0.05, 0) is 5.92 Å². The van der Waals surface area contributed by atoms with Gasteiger partial charge in [-0.15, -0.1) is 0 Å². The van der Waals surface area contributed by atoms with Crippen LogP contribution in [0.4, 0.5) is 0 Å². The highest BCUT2D eigenvalue weighted by molar-refractivity contribution is 5.76. The molecule has 48 heavy (non-hydrogen) atoms. The van der Waals surface area contributed by atoms with Crippen molar-refractivity contribution in [3.63, 3.8) is 0 Å². The van der Waals surface area contributed by atoms with E-state index in [4.69, 9.17) is 23.7 Å². The third kappa shape index (κ3) is 8.58. The summed E-state index contributed by atoms with van der Waals surface area (Å²) in [6, 6.07) is -2.63. The molecule has 3 fully saturated rings. The summed E-state index contributed by atoms with van der Waals surface area (Å²) in [5.41, 5.74) is 0. The van der Waals surface area contributed by atoms with Crippen LogP contribution < -0.4 is 10.6 Å². The molecule has 20 heteroatoms. The number of rotatable bonds is 13. The molecule has 20 nitrogen and oxygen atoms in total. The maximum atomic E-state index is 12.7. The van der Waals surface area contributed by atoms with Gasteiger partial charge in [-0.1, -0.05) is 13.8 Å². The number of hydrogen-bond donors (Lipinski definition) is 12. The maximum Gasteiger partial charge on any atom is 0.364 e. The molecular formula is C28H48N2O18. The maximum absolute atomic E-state index is 12.7. The molecule has 0 aromatic heterocycles. The summed E-state index contributed by atoms with van der Waals surface area (Å²) in [7, 11) is 0. The first-order valence-electron chi connectivity index (χ1n) is 15.4. The van der Waals surface area contributed by atoms with Gasteiger partial charge >= 0.3 is 5.97 Å². The fourth-order valence-electron chi connectivity index (χ4n) is 6.19. The normalized spacial score (nSPS) is 41.8. The van der Waals surface area contributed by atoms with E-state index in [0.29, 0.717) is 0 Å². The first-order chi connectivity index (χ1) is 22.4. The minimum atomic E-state index is -3.01. The van der Waals surface area contributed by atoms with Crippen LogP contribution in [0.3, 0.4) is 0 Å². The Labute approximate surface area is 275 Å². The lowest BCUT2D eigenvalue weighted by Gasteiger charge is -2.51. The molecule has 16 atom stereocenters. The SMILES string of the molecule is CC(=O)NC1C(O[C@@H]2OC(CO)[C@H](O)C(O[C@]3(C(=O)O)CC(O)[C@@H](NC(C)=O)C([C@H](O)[C@H](O)CO)O3)C2O)[C@@H](O)C(CO)O[C@@H]1C(C)C. The van der Waals surface area contributed by atoms with Crippen LogP contribution in [0, 0.1) is 5.92 Å². The van der Waals surface area contributed by atoms with E-state index >= 15 is 0 Å². The summed E-state index contributed by atoms with van der Waals surface area (Å²) in [4.78, 5) is 36.7. The molecule has 3 aliphatic rings. The fraction of sp³-hybridized carbons (Fsp3) is 0.893. The van der Waals surface area contributed by atoms with Crippen molar-refractivity contribution in [2.45, 2.75) is 132 Å². The van der Waals surface area contributed by atoms with Crippen LogP contribution in [0.5, 0.6) is 0 Å². The van der Waals surface area contributed by atoms with Crippen LogP contribution in [0.15, 0.2) is 0 Å². The van der Waals surface area contributed by atoms with Gasteiger partial charge in [-0.2, -0.15) is 0 Å². The smallest absolute Gasteiger partial charge is 0.364 e. The van der Waals surface area contributed by atoms with Crippen molar-refractivity contribution in [3.8, 4) is 0 Å². The predicted octanol–water partition coefficient (Wildman–Crippen LogP) is -6.37. The number of aliphatic hydroxyl groups is 9. The second kappa shape index (κ2) is 16.7. The van der Waals surface area contributed by atoms with Gasteiger partial charge in [0.2, 0.25) is 11.8 Å². The summed E-state index contributed by atoms with van der Waals surface area (Å²) in [5.74, 6) is -6.55. The van der Waals surface area contributed by atoms with Crippen LogP contribution in [-0.2, 0) is 38.1 Å². The number of carboxylic acids is 1. The van der Waals surface area contributed by atoms with E-state index in [-0.39, 0.29) is 5.92 Å². The Balaban J connectivity index is 2.00. The molecule has 0 aliphatic carbocycles. The number of aliphatic carboxylic acids is 1. The molecule has 2 amide bonds. The average Bonchev–Trinajstić information content (AvgIpc) is 3.01. The Morgan fingerprint density at radius 3 is 1.88 bits per heavy atom. The van der Waals surface area contributed by atoms with Gasteiger partial charge in [-0.3, -0.25) is 9.59 Å². The summed E-state index contributed by atoms with van der Waals surface area (Å²) in [6.45, 7) is 3.07. The summed E-state index contributed by atoms with van der Waals surface area (Å²) in [6.07, 6.45) is -23.7. The minimum Gasteiger partial charge on any atom is -0.477 e. The number of ether oxygens (including phenoxy) is 5. The molecule has 8 unspecified atom stereocenters. The van der Waals surface area contributed by atoms with Gasteiger partial charge < -0.3 is 85.4 Å². The van der Waals surface area contributed by atoms with Gasteiger partial charge in [0.05, 0.1) is 44.1 Å². The molecule has 0 saturated carbocycles. The first kappa shape index (κ1) is 40.3. The van der Waals surface area contributed by atoms with E-state index in [9.17, 15) is 65.4 Å². The summed E-state index contributed by atoms with van der Waals surface area (Å²) >= 11 is 0. The number of hydrogen-bond acceptors (Lipinski definition) is 17. The number of aliphatic hydroxyl groups excluding tert-OH is 9. The van der Waals surface area contributed by atoms with Crippen LogP contribution in [0.25, 0.3) is 0 Å². The molecule has 3 aliphatic heterocycles. The molecule has 3 saturated heterocycles. The second-order valence-corrected chi connectivity index (χ2v) is 12.6. The Bertz CT molecular complexity index is 1100. The van der Waals surface area contributed by atoms with Gasteiger partial charge in [0, 0.05) is 20.3 Å². The standard InChI is InChI=1S/C28H48N2O18/c1-9(2)22-17(30-11(4)35)23(19(39)14(7-32)44-22)46-26-21(41)25(20(40)15(8-33)45-26)48-28(27(42)43)5-12(36)16(29-10(3)34)24(47-28)18(38)13(37)6-31/h9,12-26,31-33,36-41H,5-8H2,1-4H3,(H,29,34)(H,30,35)(H,42,43)/t12?,13-,14?,15?,16-,17?,18-,19+,20+,21?,22-,23?,24?,25?,26+,28+/m1/s1. The molecule has 0 aromatic carbocycles. The Kier molecular flexibility index (Phi) is 14.0. The van der Waals surface area contributed by atoms with Crippen LogP contribution in [0.2, 0.25) is 0 Å². The van der Waals surface area contributed by atoms with Crippen LogP contribution in [0.1, 0.15) is 34.1 Å². The molecule has 0 spiro atoms. The van der Waals surface area contributed by atoms with E-state index in [1.165, 1.54) is 6.92 Å². The van der Waals surface area contributed by atoms with Crippen molar-refractivity contribution in [2.24, 2.45) is 5.92 Å². The summed E-state index contributed by atoms with van der Waals surface area (Å²) in [5, 5.41) is 110. The van der Waals surface area contributed by atoms with Crippen LogP contribution in [-0.4, -0.2) is 186 Å². The number of carbonyl (C=O) groups is 3. The minimum absolute atomic E-state index is 0.311. The Morgan fingerprint density at radius 1 is 0.833 bits per heavy atom. The van der Waals surface area contributed by atoms with Crippen molar-refractivity contribution < 1.29 is 89.1 Å². The molecule has 3 rings (SSSR count). The number of carbonyl (C=O) groups excluding carboxylic acids is 2. The van der Waals surface area contributed by atoms with Crippen molar-refractivity contribution in [1.82, 2.24) is 10.6 Å². The fourth-order valence-corrected chi connectivity index (χ4v) is 6.19. The molecule has 0 bridgehead atoms. The largest absolute Gasteiger partial charge is 0.477 e. The number of carboxylic acid groups (broad SMARTS) is 1. The molecule has 12 N–H and O–H groups in total. The number of amides is 2. The van der Waals surface area contributed by atoms with E-state index in [0.717, 1.165) is 6.92 Å². The molecule has 0 radical (unpaired) electrons. The third-order valence-electron chi connectivity index (χ3n) is 8.59. The van der Waals surface area contributed by atoms with Gasteiger partial charge in [0.1, 0.15) is 61.0 Å². The molecule has 3 heterocycles. The second-order valence-electron chi connectivity index (χ2n) is 12.6. The van der Waals surface area contributed by atoms with Crippen molar-refractivity contribution >= 4 is 17.8 Å². The highest BCUT2D eigenvalue weighted by atomic mass is 16.8. The predicted molar refractivity (Wildman–Crippen MR) is 154 cm³/mol. The number of nitrogens with one attached hydrogen (secondary N) is 2. The van der Waals surface area contributed by atoms with Crippen molar-refractivity contribution in [1.29, 1.82) is 0 Å². The first-order valence-corrected chi connectivity index (χ1v) is 15.4. The van der Waals surface area contributed by atoms with E-state index < -0.39 is 141 Å². The van der Waals surface area contributed by atoms with Crippen molar-refractivity contribution in [3.05, 3.63) is 0 Å². The Hall–Kier alpha value is -2.15. The lowest BCUT2D eigenvalue weighted by Crippen LogP contribution is -2.71. The molecule has 0 aromatic rings. The van der Waals surface area contributed by atoms with E-state index in [1.807, 2.05) is 0 Å². The molecular weight excluding hydrogens is 652 g/mol.